The fourth-order valence-electron chi connectivity index (χ4n) is 3.30. The molecule has 0 aliphatic carbocycles. The van der Waals surface area contributed by atoms with E-state index < -0.39 is 0 Å². The van der Waals surface area contributed by atoms with E-state index in [4.69, 9.17) is 4.74 Å². The lowest BCUT2D eigenvalue weighted by Crippen LogP contribution is -2.30. The summed E-state index contributed by atoms with van der Waals surface area (Å²) in [6, 6.07) is 17.5. The number of rotatable bonds is 8. The summed E-state index contributed by atoms with van der Waals surface area (Å²) in [6.07, 6.45) is 0. The van der Waals surface area contributed by atoms with E-state index in [2.05, 4.69) is 17.3 Å². The minimum Gasteiger partial charge on any atom is -0.494 e. The third-order valence-corrected chi connectivity index (χ3v) is 4.73. The Morgan fingerprint density at radius 3 is 2.45 bits per heavy atom. The molecule has 0 unspecified atom stereocenters. The molecule has 3 aromatic rings. The van der Waals surface area contributed by atoms with E-state index in [9.17, 15) is 4.79 Å². The molecule has 6 nitrogen and oxygen atoms in total. The van der Waals surface area contributed by atoms with Crippen molar-refractivity contribution in [3.8, 4) is 11.4 Å². The number of para-hydroxylation sites is 1. The number of carbonyl (C=O) groups excluding carboxylic acids is 1. The van der Waals surface area contributed by atoms with Crippen LogP contribution >= 0.6 is 0 Å². The topological polar surface area (TPSA) is 59.4 Å². The van der Waals surface area contributed by atoms with Crippen LogP contribution in [0.4, 0.5) is 5.69 Å². The molecule has 0 saturated heterocycles. The van der Waals surface area contributed by atoms with Crippen molar-refractivity contribution >= 4 is 11.6 Å². The van der Waals surface area contributed by atoms with Gasteiger partial charge in [0, 0.05) is 23.5 Å². The zero-order valence-electron chi connectivity index (χ0n) is 17.5. The average molecular weight is 393 g/mol. The Morgan fingerprint density at radius 1 is 1.10 bits per heavy atom. The maximum atomic E-state index is 12.4. The van der Waals surface area contributed by atoms with Gasteiger partial charge in [-0.25, -0.2) is 4.68 Å². The molecule has 0 atom stereocenters. The molecule has 152 valence electrons. The molecule has 0 saturated carbocycles. The van der Waals surface area contributed by atoms with E-state index in [1.165, 1.54) is 0 Å². The van der Waals surface area contributed by atoms with Gasteiger partial charge in [-0.3, -0.25) is 9.69 Å². The third-order valence-electron chi connectivity index (χ3n) is 4.73. The lowest BCUT2D eigenvalue weighted by Gasteiger charge is -2.17. The summed E-state index contributed by atoms with van der Waals surface area (Å²) in [4.78, 5) is 14.4. The third kappa shape index (κ3) is 5.23. The molecule has 0 fully saturated rings. The van der Waals surface area contributed by atoms with Crippen LogP contribution in [0.5, 0.6) is 5.75 Å². The molecule has 0 spiro atoms. The van der Waals surface area contributed by atoms with Gasteiger partial charge < -0.3 is 10.1 Å². The number of aromatic nitrogens is 2. The number of ether oxygens (including phenoxy) is 1. The summed E-state index contributed by atoms with van der Waals surface area (Å²) in [5.41, 5.74) is 5.01. The van der Waals surface area contributed by atoms with Gasteiger partial charge in [-0.2, -0.15) is 5.10 Å². The number of hydrogen-bond donors (Lipinski definition) is 1. The summed E-state index contributed by atoms with van der Waals surface area (Å²) in [5.74, 6) is 0.742. The summed E-state index contributed by atoms with van der Waals surface area (Å²) in [5, 5.41) is 7.61. The second-order valence-corrected chi connectivity index (χ2v) is 7.07. The number of amides is 1. The second-order valence-electron chi connectivity index (χ2n) is 7.07. The summed E-state index contributed by atoms with van der Waals surface area (Å²) >= 11 is 0. The molecule has 6 heteroatoms. The molecule has 0 aliphatic rings. The molecule has 1 heterocycles. The highest BCUT2D eigenvalue weighted by Gasteiger charge is 2.16. The highest BCUT2D eigenvalue weighted by Crippen LogP contribution is 2.19. The number of anilines is 1. The Kier molecular flexibility index (Phi) is 6.67. The van der Waals surface area contributed by atoms with Gasteiger partial charge >= 0.3 is 0 Å². The lowest BCUT2D eigenvalue weighted by atomic mass is 10.2. The summed E-state index contributed by atoms with van der Waals surface area (Å²) in [6.45, 7) is 7.59. The van der Waals surface area contributed by atoms with Crippen LogP contribution in [-0.2, 0) is 11.3 Å². The number of carbonyl (C=O) groups is 1. The quantitative estimate of drug-likeness (QED) is 0.630. The van der Waals surface area contributed by atoms with Gasteiger partial charge in [0.25, 0.3) is 0 Å². The molecule has 2 aromatic carbocycles. The zero-order valence-corrected chi connectivity index (χ0v) is 17.5. The molecule has 1 aromatic heterocycles. The first kappa shape index (κ1) is 20.6. The summed E-state index contributed by atoms with van der Waals surface area (Å²) < 4.78 is 7.38. The maximum Gasteiger partial charge on any atom is 0.238 e. The standard InChI is InChI=1S/C23H28N4O2/c1-5-29-21-13-11-19(12-14-21)24-23(28)16-26(4)15-22-17(2)25-27(18(22)3)20-9-7-6-8-10-20/h6-14H,5,15-16H2,1-4H3,(H,24,28). The Bertz CT molecular complexity index is 949. The van der Waals surface area contributed by atoms with Crippen molar-refractivity contribution in [2.45, 2.75) is 27.3 Å². The number of benzene rings is 2. The van der Waals surface area contributed by atoms with Gasteiger partial charge in [0.15, 0.2) is 0 Å². The maximum absolute atomic E-state index is 12.4. The molecule has 0 bridgehead atoms. The number of nitrogens with zero attached hydrogens (tertiary/aromatic N) is 3. The summed E-state index contributed by atoms with van der Waals surface area (Å²) in [7, 11) is 1.94. The number of likely N-dealkylation sites (N-methyl/N-ethyl adjacent to an activating group) is 1. The van der Waals surface area contributed by atoms with Crippen molar-refractivity contribution in [3.05, 3.63) is 71.5 Å². The van der Waals surface area contributed by atoms with Crippen molar-refractivity contribution in [1.82, 2.24) is 14.7 Å². The van der Waals surface area contributed by atoms with Gasteiger partial charge in [0.1, 0.15) is 5.75 Å². The molecule has 3 rings (SSSR count). The van der Waals surface area contributed by atoms with E-state index >= 15 is 0 Å². The van der Waals surface area contributed by atoms with Gasteiger partial charge in [-0.15, -0.1) is 0 Å². The molecular formula is C23H28N4O2. The van der Waals surface area contributed by atoms with Crippen LogP contribution in [0.15, 0.2) is 54.6 Å². The van der Waals surface area contributed by atoms with Crippen LogP contribution in [0.2, 0.25) is 0 Å². The minimum absolute atomic E-state index is 0.0533. The first-order chi connectivity index (χ1) is 14.0. The lowest BCUT2D eigenvalue weighted by molar-refractivity contribution is -0.117. The zero-order chi connectivity index (χ0) is 20.8. The van der Waals surface area contributed by atoms with E-state index in [1.807, 2.05) is 85.1 Å². The predicted octanol–water partition coefficient (Wildman–Crippen LogP) is 3.96. The van der Waals surface area contributed by atoms with Crippen molar-refractivity contribution in [3.63, 3.8) is 0 Å². The first-order valence-corrected chi connectivity index (χ1v) is 9.79. The van der Waals surface area contributed by atoms with Crippen LogP contribution in [0, 0.1) is 13.8 Å². The van der Waals surface area contributed by atoms with Gasteiger partial charge in [-0.1, -0.05) is 18.2 Å². The van der Waals surface area contributed by atoms with E-state index in [0.29, 0.717) is 19.7 Å². The smallest absolute Gasteiger partial charge is 0.238 e. The molecule has 0 radical (unpaired) electrons. The largest absolute Gasteiger partial charge is 0.494 e. The highest BCUT2D eigenvalue weighted by atomic mass is 16.5. The highest BCUT2D eigenvalue weighted by molar-refractivity contribution is 5.92. The Balaban J connectivity index is 1.61. The van der Waals surface area contributed by atoms with Crippen molar-refractivity contribution in [1.29, 1.82) is 0 Å². The average Bonchev–Trinajstić information content (AvgIpc) is 2.98. The molecular weight excluding hydrogens is 364 g/mol. The van der Waals surface area contributed by atoms with Crippen LogP contribution in [-0.4, -0.2) is 40.8 Å². The minimum atomic E-state index is -0.0533. The fourth-order valence-corrected chi connectivity index (χ4v) is 3.30. The van der Waals surface area contributed by atoms with Crippen molar-refractivity contribution < 1.29 is 9.53 Å². The molecule has 1 amide bonds. The van der Waals surface area contributed by atoms with Gasteiger partial charge in [0.05, 0.1) is 24.5 Å². The van der Waals surface area contributed by atoms with Crippen LogP contribution in [0.1, 0.15) is 23.9 Å². The van der Waals surface area contributed by atoms with E-state index in [1.54, 1.807) is 0 Å². The Labute approximate surface area is 172 Å². The van der Waals surface area contributed by atoms with E-state index in [-0.39, 0.29) is 5.91 Å². The Morgan fingerprint density at radius 2 is 1.79 bits per heavy atom. The number of nitrogens with one attached hydrogen (secondary N) is 1. The molecule has 0 aliphatic heterocycles. The van der Waals surface area contributed by atoms with Crippen molar-refractivity contribution in [2.24, 2.45) is 0 Å². The van der Waals surface area contributed by atoms with Gasteiger partial charge in [0.2, 0.25) is 5.91 Å². The normalized spacial score (nSPS) is 10.9. The predicted molar refractivity (Wildman–Crippen MR) is 116 cm³/mol. The van der Waals surface area contributed by atoms with Crippen molar-refractivity contribution in [2.75, 3.05) is 25.5 Å². The monoisotopic (exact) mass is 392 g/mol. The fraction of sp³-hybridized carbons (Fsp3) is 0.304. The van der Waals surface area contributed by atoms with Crippen LogP contribution in [0.25, 0.3) is 5.69 Å². The molecule has 29 heavy (non-hydrogen) atoms. The number of hydrogen-bond acceptors (Lipinski definition) is 4. The SMILES string of the molecule is CCOc1ccc(NC(=O)CN(C)Cc2c(C)nn(-c3ccccc3)c2C)cc1. The van der Waals surface area contributed by atoms with Crippen LogP contribution < -0.4 is 10.1 Å². The first-order valence-electron chi connectivity index (χ1n) is 9.79. The Hall–Kier alpha value is -3.12. The van der Waals surface area contributed by atoms with Crippen LogP contribution in [0.3, 0.4) is 0 Å². The number of aryl methyl sites for hydroxylation is 1. The van der Waals surface area contributed by atoms with E-state index in [0.717, 1.165) is 34.1 Å². The molecule has 1 N–H and O–H groups in total. The van der Waals surface area contributed by atoms with Gasteiger partial charge in [-0.05, 0) is 64.2 Å². The second kappa shape index (κ2) is 9.39.